The summed E-state index contributed by atoms with van der Waals surface area (Å²) < 4.78 is 13.9. The maximum absolute atomic E-state index is 13.9. The Morgan fingerprint density at radius 1 is 1.09 bits per heavy atom. The van der Waals surface area contributed by atoms with E-state index in [0.29, 0.717) is 11.3 Å². The molecule has 0 saturated heterocycles. The van der Waals surface area contributed by atoms with Crippen LogP contribution in [0.25, 0.3) is 0 Å². The summed E-state index contributed by atoms with van der Waals surface area (Å²) in [5, 5.41) is 6.89. The molecule has 1 aliphatic carbocycles. The van der Waals surface area contributed by atoms with Gasteiger partial charge >= 0.3 is 0 Å². The number of nitrogens with zero attached hydrogens (tertiary/aromatic N) is 1. The molecule has 0 spiro atoms. The van der Waals surface area contributed by atoms with Crippen molar-refractivity contribution < 1.29 is 14.0 Å². The highest BCUT2D eigenvalue weighted by atomic mass is 35.5. The van der Waals surface area contributed by atoms with Crippen molar-refractivity contribution in [2.75, 3.05) is 4.90 Å². The number of carbonyl (C=O) groups is 2. The van der Waals surface area contributed by atoms with E-state index in [1.165, 1.54) is 40.9 Å². The van der Waals surface area contributed by atoms with E-state index >= 15 is 0 Å². The third-order valence-electron chi connectivity index (χ3n) is 5.96. The molecular formula is C26H26ClFN2O2S. The van der Waals surface area contributed by atoms with E-state index in [2.05, 4.69) is 5.32 Å². The maximum Gasteiger partial charge on any atom is 0.248 e. The van der Waals surface area contributed by atoms with Crippen LogP contribution in [0.4, 0.5) is 10.1 Å². The summed E-state index contributed by atoms with van der Waals surface area (Å²) in [5.41, 5.74) is 1.93. The molecular weight excluding hydrogens is 459 g/mol. The van der Waals surface area contributed by atoms with Gasteiger partial charge in [0.2, 0.25) is 11.8 Å². The normalized spacial score (nSPS) is 15.1. The lowest BCUT2D eigenvalue weighted by molar-refractivity contribution is -0.127. The van der Waals surface area contributed by atoms with Gasteiger partial charge in [0.25, 0.3) is 0 Å². The van der Waals surface area contributed by atoms with Gasteiger partial charge in [0.1, 0.15) is 11.9 Å². The second-order valence-electron chi connectivity index (χ2n) is 8.33. The van der Waals surface area contributed by atoms with Crippen LogP contribution in [-0.4, -0.2) is 17.9 Å². The average molecular weight is 485 g/mol. The lowest BCUT2D eigenvalue weighted by Crippen LogP contribution is -2.47. The van der Waals surface area contributed by atoms with Crippen LogP contribution in [0.5, 0.6) is 0 Å². The van der Waals surface area contributed by atoms with Crippen LogP contribution in [0, 0.1) is 5.82 Å². The van der Waals surface area contributed by atoms with E-state index in [9.17, 15) is 14.0 Å². The first kappa shape index (κ1) is 23.5. The molecule has 3 aromatic rings. The molecule has 0 radical (unpaired) electrons. The van der Waals surface area contributed by atoms with Crippen molar-refractivity contribution >= 4 is 40.4 Å². The SMILES string of the molecule is O=C(NC1CCCCC1)[C@H](c1ccccc1)N(C(=O)Cc1ccsc1)c1ccc(F)c(Cl)c1. The standard InChI is InChI=1S/C26H26ClFN2O2S/c27-22-16-21(11-12-23(22)28)30(24(31)15-18-13-14-33-17-18)25(19-7-3-1-4-8-19)26(32)29-20-9-5-2-6-10-20/h1,3-4,7-8,11-14,16-17,20,25H,2,5-6,9-10,15H2,(H,29,32)/t25-/m0/s1. The largest absolute Gasteiger partial charge is 0.351 e. The quantitative estimate of drug-likeness (QED) is 0.427. The van der Waals surface area contributed by atoms with Crippen LogP contribution in [0.3, 0.4) is 0 Å². The number of benzene rings is 2. The van der Waals surface area contributed by atoms with E-state index in [1.54, 1.807) is 0 Å². The molecule has 2 aromatic carbocycles. The van der Waals surface area contributed by atoms with Crippen molar-refractivity contribution in [1.82, 2.24) is 5.32 Å². The Labute approximate surface area is 202 Å². The monoisotopic (exact) mass is 484 g/mol. The second-order valence-corrected chi connectivity index (χ2v) is 9.51. The number of halogens is 2. The van der Waals surface area contributed by atoms with Gasteiger partial charge in [-0.05, 0) is 59.0 Å². The lowest BCUT2D eigenvalue weighted by atomic mass is 9.94. The molecule has 2 amide bonds. The zero-order valence-electron chi connectivity index (χ0n) is 18.2. The predicted molar refractivity (Wildman–Crippen MR) is 131 cm³/mol. The average Bonchev–Trinajstić information content (AvgIpc) is 3.33. The smallest absolute Gasteiger partial charge is 0.248 e. The molecule has 0 bridgehead atoms. The van der Waals surface area contributed by atoms with E-state index in [1.807, 2.05) is 47.2 Å². The van der Waals surface area contributed by atoms with Crippen molar-refractivity contribution in [2.24, 2.45) is 0 Å². The molecule has 1 aromatic heterocycles. The van der Waals surface area contributed by atoms with Crippen LogP contribution in [0.15, 0.2) is 65.4 Å². The van der Waals surface area contributed by atoms with Gasteiger partial charge in [0.15, 0.2) is 0 Å². The zero-order chi connectivity index (χ0) is 23.2. The summed E-state index contributed by atoms with van der Waals surface area (Å²) in [4.78, 5) is 28.8. The molecule has 1 atom stereocenters. The first-order valence-corrected chi connectivity index (χ1v) is 12.5. The summed E-state index contributed by atoms with van der Waals surface area (Å²) >= 11 is 7.59. The second kappa shape index (κ2) is 10.9. The molecule has 4 rings (SSSR count). The van der Waals surface area contributed by atoms with E-state index in [4.69, 9.17) is 11.6 Å². The molecule has 4 nitrogen and oxygen atoms in total. The Balaban J connectivity index is 1.74. The van der Waals surface area contributed by atoms with E-state index in [-0.39, 0.29) is 29.3 Å². The van der Waals surface area contributed by atoms with Gasteiger partial charge in [-0.25, -0.2) is 4.39 Å². The van der Waals surface area contributed by atoms with Crippen molar-refractivity contribution in [3.63, 3.8) is 0 Å². The minimum atomic E-state index is -0.902. The molecule has 1 fully saturated rings. The van der Waals surface area contributed by atoms with Gasteiger partial charge in [-0.1, -0.05) is 61.2 Å². The van der Waals surface area contributed by atoms with Crippen LogP contribution >= 0.6 is 22.9 Å². The number of hydrogen-bond acceptors (Lipinski definition) is 3. The van der Waals surface area contributed by atoms with Crippen LogP contribution in [0.2, 0.25) is 5.02 Å². The van der Waals surface area contributed by atoms with E-state index in [0.717, 1.165) is 31.2 Å². The molecule has 0 unspecified atom stereocenters. The molecule has 1 aliphatic rings. The van der Waals surface area contributed by atoms with Gasteiger partial charge in [-0.3, -0.25) is 14.5 Å². The van der Waals surface area contributed by atoms with Crippen LogP contribution < -0.4 is 10.2 Å². The van der Waals surface area contributed by atoms with Gasteiger partial charge in [0, 0.05) is 11.7 Å². The Kier molecular flexibility index (Phi) is 7.78. The number of carbonyl (C=O) groups excluding carboxylic acids is 2. The Hall–Kier alpha value is -2.70. The van der Waals surface area contributed by atoms with Crippen molar-refractivity contribution in [3.8, 4) is 0 Å². The fourth-order valence-corrected chi connectivity index (χ4v) is 5.15. The number of thiophene rings is 1. The minimum absolute atomic E-state index is 0.0862. The summed E-state index contributed by atoms with van der Waals surface area (Å²) in [6, 6.07) is 14.4. The first-order valence-electron chi connectivity index (χ1n) is 11.2. The minimum Gasteiger partial charge on any atom is -0.351 e. The first-order chi connectivity index (χ1) is 16.0. The zero-order valence-corrected chi connectivity index (χ0v) is 19.7. The van der Waals surface area contributed by atoms with Crippen LogP contribution in [-0.2, 0) is 16.0 Å². The number of rotatable bonds is 7. The molecule has 172 valence electrons. The third kappa shape index (κ3) is 5.81. The van der Waals surface area contributed by atoms with Gasteiger partial charge < -0.3 is 5.32 Å². The highest BCUT2D eigenvalue weighted by molar-refractivity contribution is 7.08. The summed E-state index contributed by atoms with van der Waals surface area (Å²) in [6.45, 7) is 0. The topological polar surface area (TPSA) is 49.4 Å². The van der Waals surface area contributed by atoms with Crippen molar-refractivity contribution in [1.29, 1.82) is 0 Å². The summed E-state index contributed by atoms with van der Waals surface area (Å²) in [6.07, 6.45) is 5.31. The fourth-order valence-electron chi connectivity index (χ4n) is 4.31. The number of hydrogen-bond donors (Lipinski definition) is 1. The third-order valence-corrected chi connectivity index (χ3v) is 6.98. The molecule has 7 heteroatoms. The highest BCUT2D eigenvalue weighted by Gasteiger charge is 2.34. The van der Waals surface area contributed by atoms with Gasteiger partial charge in [-0.2, -0.15) is 11.3 Å². The summed E-state index contributed by atoms with van der Waals surface area (Å²) in [5.74, 6) is -1.08. The molecule has 1 N–H and O–H groups in total. The fraction of sp³-hybridized carbons (Fsp3) is 0.308. The Morgan fingerprint density at radius 3 is 2.52 bits per heavy atom. The summed E-state index contributed by atoms with van der Waals surface area (Å²) in [7, 11) is 0. The van der Waals surface area contributed by atoms with Crippen LogP contribution in [0.1, 0.15) is 49.3 Å². The predicted octanol–water partition coefficient (Wildman–Crippen LogP) is 6.31. The highest BCUT2D eigenvalue weighted by Crippen LogP contribution is 2.32. The van der Waals surface area contributed by atoms with Crippen molar-refractivity contribution in [2.45, 2.75) is 50.6 Å². The molecule has 1 heterocycles. The Bertz CT molecular complexity index is 1080. The Morgan fingerprint density at radius 2 is 1.85 bits per heavy atom. The van der Waals surface area contributed by atoms with Gasteiger partial charge in [0.05, 0.1) is 11.4 Å². The number of anilines is 1. The maximum atomic E-state index is 13.9. The molecule has 0 aliphatic heterocycles. The molecule has 33 heavy (non-hydrogen) atoms. The lowest BCUT2D eigenvalue weighted by Gasteiger charge is -2.33. The van der Waals surface area contributed by atoms with Gasteiger partial charge in [-0.15, -0.1) is 0 Å². The van der Waals surface area contributed by atoms with E-state index < -0.39 is 11.9 Å². The van der Waals surface area contributed by atoms with Crippen molar-refractivity contribution in [3.05, 3.63) is 87.3 Å². The molecule has 1 saturated carbocycles. The number of nitrogens with one attached hydrogen (secondary N) is 1. The number of amides is 2.